The van der Waals surface area contributed by atoms with Crippen LogP contribution in [0.25, 0.3) is 0 Å². The van der Waals surface area contributed by atoms with Crippen LogP contribution in [-0.2, 0) is 4.79 Å². The van der Waals surface area contributed by atoms with Gasteiger partial charge in [0.05, 0.1) is 5.41 Å². The largest absolute Gasteiger partial charge is 0.481 e. The van der Waals surface area contributed by atoms with Gasteiger partial charge in [-0.05, 0) is 44.9 Å². The van der Waals surface area contributed by atoms with Gasteiger partial charge in [0.1, 0.15) is 0 Å². The Morgan fingerprint density at radius 3 is 2.67 bits per heavy atom. The number of amides is 2. The minimum absolute atomic E-state index is 0.118. The molecule has 1 saturated heterocycles. The number of urea groups is 1. The maximum Gasteiger partial charge on any atom is 0.324 e. The third-order valence-corrected chi connectivity index (χ3v) is 4.12. The molecule has 0 spiro atoms. The van der Waals surface area contributed by atoms with Gasteiger partial charge in [-0.25, -0.2) is 4.79 Å². The minimum atomic E-state index is -0.837. The standard InChI is InChI=1S/C16H22N2O3/c1-4-18(13-7-5-6-12(2)10-13)15(21)17-9-8-16(3,11-17)14(19)20/h5-7,10H,4,8-9,11H2,1-3H3,(H,19,20). The molecule has 21 heavy (non-hydrogen) atoms. The molecule has 1 N–H and O–H groups in total. The van der Waals surface area contributed by atoms with Crippen molar-refractivity contribution in [1.29, 1.82) is 0 Å². The molecule has 1 unspecified atom stereocenters. The van der Waals surface area contributed by atoms with Crippen LogP contribution in [0.1, 0.15) is 25.8 Å². The summed E-state index contributed by atoms with van der Waals surface area (Å²) in [7, 11) is 0. The highest BCUT2D eigenvalue weighted by Gasteiger charge is 2.43. The van der Waals surface area contributed by atoms with Crippen LogP contribution in [0.3, 0.4) is 0 Å². The fourth-order valence-corrected chi connectivity index (χ4v) is 2.69. The Morgan fingerprint density at radius 2 is 2.14 bits per heavy atom. The molecule has 0 aliphatic carbocycles. The number of hydrogen-bond donors (Lipinski definition) is 1. The van der Waals surface area contributed by atoms with E-state index >= 15 is 0 Å². The molecule has 1 aromatic carbocycles. The Bertz CT molecular complexity index is 558. The second-order valence-corrected chi connectivity index (χ2v) is 5.90. The molecule has 5 heteroatoms. The van der Waals surface area contributed by atoms with Gasteiger partial charge in [0, 0.05) is 25.3 Å². The molecule has 114 valence electrons. The SMILES string of the molecule is CCN(C(=O)N1CCC(C)(C(=O)O)C1)c1cccc(C)c1. The van der Waals surface area contributed by atoms with E-state index in [0.717, 1.165) is 11.3 Å². The van der Waals surface area contributed by atoms with E-state index in [4.69, 9.17) is 0 Å². The molecular formula is C16H22N2O3. The number of carbonyl (C=O) groups excluding carboxylic acids is 1. The number of hydrogen-bond acceptors (Lipinski definition) is 2. The second-order valence-electron chi connectivity index (χ2n) is 5.90. The van der Waals surface area contributed by atoms with Crippen molar-refractivity contribution >= 4 is 17.7 Å². The van der Waals surface area contributed by atoms with E-state index in [1.807, 2.05) is 38.1 Å². The zero-order valence-electron chi connectivity index (χ0n) is 12.8. The number of carbonyl (C=O) groups is 2. The summed E-state index contributed by atoms with van der Waals surface area (Å²) in [5.74, 6) is -0.837. The number of rotatable bonds is 3. The second kappa shape index (κ2) is 5.76. The fraction of sp³-hybridized carbons (Fsp3) is 0.500. The molecule has 5 nitrogen and oxygen atoms in total. The summed E-state index contributed by atoms with van der Waals surface area (Å²) in [5, 5.41) is 9.27. The molecule has 2 amide bonds. The molecule has 0 radical (unpaired) electrons. The van der Waals surface area contributed by atoms with E-state index in [2.05, 4.69) is 0 Å². The van der Waals surface area contributed by atoms with Crippen LogP contribution in [0, 0.1) is 12.3 Å². The quantitative estimate of drug-likeness (QED) is 0.931. The van der Waals surface area contributed by atoms with E-state index in [9.17, 15) is 14.7 Å². The summed E-state index contributed by atoms with van der Waals surface area (Å²) in [6.07, 6.45) is 0.499. The Kier molecular flexibility index (Phi) is 4.21. The predicted molar refractivity (Wildman–Crippen MR) is 81.5 cm³/mol. The van der Waals surface area contributed by atoms with Crippen molar-refractivity contribution in [3.05, 3.63) is 29.8 Å². The summed E-state index contributed by atoms with van der Waals surface area (Å²) < 4.78 is 0. The summed E-state index contributed by atoms with van der Waals surface area (Å²) in [6.45, 7) is 6.92. The van der Waals surface area contributed by atoms with Crippen molar-refractivity contribution in [2.75, 3.05) is 24.5 Å². The number of anilines is 1. The lowest BCUT2D eigenvalue weighted by Crippen LogP contribution is -2.43. The number of carboxylic acid groups (broad SMARTS) is 1. The molecule has 0 saturated carbocycles. The first-order valence-electron chi connectivity index (χ1n) is 7.24. The first kappa shape index (κ1) is 15.4. The Balaban J connectivity index is 2.17. The van der Waals surface area contributed by atoms with Gasteiger partial charge in [-0.1, -0.05) is 12.1 Å². The van der Waals surface area contributed by atoms with E-state index in [-0.39, 0.29) is 12.6 Å². The number of likely N-dealkylation sites (tertiary alicyclic amines) is 1. The Morgan fingerprint density at radius 1 is 1.43 bits per heavy atom. The lowest BCUT2D eigenvalue weighted by atomic mass is 9.90. The summed E-state index contributed by atoms with van der Waals surface area (Å²) in [4.78, 5) is 27.3. The van der Waals surface area contributed by atoms with Gasteiger partial charge in [0.15, 0.2) is 0 Å². The van der Waals surface area contributed by atoms with E-state index < -0.39 is 11.4 Å². The van der Waals surface area contributed by atoms with Crippen LogP contribution in [0.15, 0.2) is 24.3 Å². The van der Waals surface area contributed by atoms with Gasteiger partial charge < -0.3 is 10.0 Å². The smallest absolute Gasteiger partial charge is 0.324 e. The first-order valence-corrected chi connectivity index (χ1v) is 7.24. The molecular weight excluding hydrogens is 268 g/mol. The van der Waals surface area contributed by atoms with Gasteiger partial charge in [-0.3, -0.25) is 9.69 Å². The van der Waals surface area contributed by atoms with Crippen LogP contribution >= 0.6 is 0 Å². The van der Waals surface area contributed by atoms with Crippen molar-refractivity contribution in [3.8, 4) is 0 Å². The number of nitrogens with zero attached hydrogens (tertiary/aromatic N) is 2. The predicted octanol–water partition coefficient (Wildman–Crippen LogP) is 2.74. The number of aryl methyl sites for hydroxylation is 1. The summed E-state index contributed by atoms with van der Waals surface area (Å²) >= 11 is 0. The van der Waals surface area contributed by atoms with Gasteiger partial charge in [-0.15, -0.1) is 0 Å². The summed E-state index contributed by atoms with van der Waals surface area (Å²) in [6, 6.07) is 7.66. The number of benzene rings is 1. The average molecular weight is 290 g/mol. The van der Waals surface area contributed by atoms with Gasteiger partial charge in [0.25, 0.3) is 0 Å². The Hall–Kier alpha value is -2.04. The molecule has 2 rings (SSSR count). The maximum absolute atomic E-state index is 12.7. The highest BCUT2D eigenvalue weighted by Crippen LogP contribution is 2.31. The monoisotopic (exact) mass is 290 g/mol. The van der Waals surface area contributed by atoms with E-state index in [1.54, 1.807) is 16.7 Å². The van der Waals surface area contributed by atoms with Crippen LogP contribution < -0.4 is 4.90 Å². The highest BCUT2D eigenvalue weighted by molar-refractivity contribution is 5.93. The molecule has 1 aromatic rings. The summed E-state index contributed by atoms with van der Waals surface area (Å²) in [5.41, 5.74) is 1.11. The van der Waals surface area contributed by atoms with E-state index in [1.165, 1.54) is 0 Å². The van der Waals surface area contributed by atoms with Crippen molar-refractivity contribution in [2.24, 2.45) is 5.41 Å². The number of aliphatic carboxylic acids is 1. The van der Waals surface area contributed by atoms with E-state index in [0.29, 0.717) is 19.5 Å². The number of carboxylic acids is 1. The van der Waals surface area contributed by atoms with Crippen LogP contribution in [0.5, 0.6) is 0 Å². The lowest BCUT2D eigenvalue weighted by Gasteiger charge is -2.28. The van der Waals surface area contributed by atoms with Crippen LogP contribution in [0.4, 0.5) is 10.5 Å². The zero-order valence-corrected chi connectivity index (χ0v) is 12.8. The van der Waals surface area contributed by atoms with Gasteiger partial charge in [0.2, 0.25) is 0 Å². The third kappa shape index (κ3) is 3.01. The van der Waals surface area contributed by atoms with Crippen molar-refractivity contribution in [3.63, 3.8) is 0 Å². The fourth-order valence-electron chi connectivity index (χ4n) is 2.69. The molecule has 0 aromatic heterocycles. The minimum Gasteiger partial charge on any atom is -0.481 e. The lowest BCUT2D eigenvalue weighted by molar-refractivity contribution is -0.146. The Labute approximate surface area is 125 Å². The average Bonchev–Trinajstić information content (AvgIpc) is 2.84. The molecule has 0 bridgehead atoms. The molecule has 1 atom stereocenters. The van der Waals surface area contributed by atoms with Gasteiger partial charge >= 0.3 is 12.0 Å². The topological polar surface area (TPSA) is 60.9 Å². The van der Waals surface area contributed by atoms with Crippen molar-refractivity contribution in [1.82, 2.24) is 4.90 Å². The maximum atomic E-state index is 12.7. The van der Waals surface area contributed by atoms with Crippen molar-refractivity contribution < 1.29 is 14.7 Å². The van der Waals surface area contributed by atoms with Gasteiger partial charge in [-0.2, -0.15) is 0 Å². The normalized spacial score (nSPS) is 21.4. The van der Waals surface area contributed by atoms with Crippen molar-refractivity contribution in [2.45, 2.75) is 27.2 Å². The molecule has 1 aliphatic rings. The van der Waals surface area contributed by atoms with Crippen LogP contribution in [0.2, 0.25) is 0 Å². The zero-order chi connectivity index (χ0) is 15.6. The van der Waals surface area contributed by atoms with Crippen LogP contribution in [-0.4, -0.2) is 41.6 Å². The molecule has 1 heterocycles. The first-order chi connectivity index (χ1) is 9.87. The third-order valence-electron chi connectivity index (χ3n) is 4.12. The molecule has 1 fully saturated rings. The molecule has 1 aliphatic heterocycles. The highest BCUT2D eigenvalue weighted by atomic mass is 16.4.